The third kappa shape index (κ3) is 5.13. The fourth-order valence-corrected chi connectivity index (χ4v) is 3.97. The number of aromatic nitrogens is 2. The van der Waals surface area contributed by atoms with Gasteiger partial charge in [-0.25, -0.2) is 0 Å². The lowest BCUT2D eigenvalue weighted by Crippen LogP contribution is -2.40. The zero-order valence-corrected chi connectivity index (χ0v) is 18.2. The van der Waals surface area contributed by atoms with Gasteiger partial charge in [0.1, 0.15) is 0 Å². The molecule has 1 aromatic heterocycles. The van der Waals surface area contributed by atoms with Gasteiger partial charge in [-0.3, -0.25) is 9.69 Å². The summed E-state index contributed by atoms with van der Waals surface area (Å²) in [6.07, 6.45) is 1.73. The summed E-state index contributed by atoms with van der Waals surface area (Å²) in [6.45, 7) is 1.97. The van der Waals surface area contributed by atoms with Crippen LogP contribution in [0, 0.1) is 5.92 Å². The Morgan fingerprint density at radius 1 is 1.17 bits per heavy atom. The van der Waals surface area contributed by atoms with Crippen LogP contribution in [0.15, 0.2) is 47.0 Å². The van der Waals surface area contributed by atoms with E-state index in [9.17, 15) is 4.79 Å². The van der Waals surface area contributed by atoms with Crippen LogP contribution in [-0.4, -0.2) is 34.0 Å². The molecule has 30 heavy (non-hydrogen) atoms. The summed E-state index contributed by atoms with van der Waals surface area (Å²) in [7, 11) is 0. The average Bonchev–Trinajstić information content (AvgIpc) is 3.19. The molecule has 1 unspecified atom stereocenters. The van der Waals surface area contributed by atoms with E-state index in [1.165, 1.54) is 0 Å². The topological polar surface area (TPSA) is 71.3 Å². The third-order valence-electron chi connectivity index (χ3n) is 4.97. The second-order valence-electron chi connectivity index (χ2n) is 7.21. The lowest BCUT2D eigenvalue weighted by Gasteiger charge is -2.30. The number of carbonyl (C=O) groups excluding carboxylic acids is 1. The number of hydrogen-bond donors (Lipinski definition) is 1. The molecule has 1 saturated heterocycles. The van der Waals surface area contributed by atoms with Crippen LogP contribution < -0.4 is 5.32 Å². The van der Waals surface area contributed by atoms with Gasteiger partial charge in [-0.1, -0.05) is 52.1 Å². The Morgan fingerprint density at radius 3 is 2.83 bits per heavy atom. The number of benzene rings is 2. The van der Waals surface area contributed by atoms with E-state index in [2.05, 4.69) is 20.4 Å². The highest BCUT2D eigenvalue weighted by atomic mass is 35.5. The number of anilines is 1. The summed E-state index contributed by atoms with van der Waals surface area (Å²) in [6, 6.07) is 12.4. The smallest absolute Gasteiger partial charge is 0.241 e. The van der Waals surface area contributed by atoms with Crippen molar-refractivity contribution in [3.8, 4) is 11.4 Å². The number of nitrogens with one attached hydrogen (secondary N) is 1. The Morgan fingerprint density at radius 2 is 2.03 bits per heavy atom. The molecule has 1 aliphatic rings. The Hall–Kier alpha value is -2.12. The molecule has 1 aliphatic heterocycles. The van der Waals surface area contributed by atoms with Crippen LogP contribution in [0.4, 0.5) is 5.69 Å². The average molecular weight is 466 g/mol. The zero-order chi connectivity index (χ0) is 21.1. The summed E-state index contributed by atoms with van der Waals surface area (Å²) in [5.74, 6) is 0.834. The fourth-order valence-electron chi connectivity index (χ4n) is 3.49. The Bertz CT molecular complexity index is 1060. The SMILES string of the molecule is O=C(Nc1ccc(Cl)c(Cl)c1)C1CCCN(Cc2nc(-c3cccc(Cl)c3)no2)C1. The molecule has 156 valence electrons. The number of halogens is 3. The number of amides is 1. The number of carbonyl (C=O) groups is 1. The van der Waals surface area contributed by atoms with Crippen LogP contribution in [-0.2, 0) is 11.3 Å². The molecule has 0 bridgehead atoms. The summed E-state index contributed by atoms with van der Waals surface area (Å²) in [5.41, 5.74) is 1.43. The van der Waals surface area contributed by atoms with Gasteiger partial charge in [-0.2, -0.15) is 4.98 Å². The van der Waals surface area contributed by atoms with Crippen LogP contribution in [0.5, 0.6) is 0 Å². The highest BCUT2D eigenvalue weighted by Gasteiger charge is 2.27. The van der Waals surface area contributed by atoms with E-state index in [4.69, 9.17) is 39.3 Å². The van der Waals surface area contributed by atoms with E-state index < -0.39 is 0 Å². The molecular weight excluding hydrogens is 447 g/mol. The first-order chi connectivity index (χ1) is 14.5. The molecule has 3 aromatic rings. The fraction of sp³-hybridized carbons (Fsp3) is 0.286. The number of likely N-dealkylation sites (tertiary alicyclic amines) is 1. The first-order valence-electron chi connectivity index (χ1n) is 9.55. The monoisotopic (exact) mass is 464 g/mol. The summed E-state index contributed by atoms with van der Waals surface area (Å²) >= 11 is 18.0. The molecule has 4 rings (SSSR count). The third-order valence-corrected chi connectivity index (χ3v) is 5.95. The van der Waals surface area contributed by atoms with Gasteiger partial charge in [-0.15, -0.1) is 0 Å². The van der Waals surface area contributed by atoms with Crippen LogP contribution in [0.1, 0.15) is 18.7 Å². The normalized spacial score (nSPS) is 17.1. The molecule has 1 fully saturated rings. The van der Waals surface area contributed by atoms with Crippen molar-refractivity contribution < 1.29 is 9.32 Å². The molecular formula is C21H19Cl3N4O2. The van der Waals surface area contributed by atoms with Gasteiger partial charge in [-0.05, 0) is 49.7 Å². The number of nitrogens with zero attached hydrogens (tertiary/aromatic N) is 3. The molecule has 9 heteroatoms. The molecule has 2 aromatic carbocycles. The minimum absolute atomic E-state index is 0.0387. The quantitative estimate of drug-likeness (QED) is 0.535. The van der Waals surface area contributed by atoms with E-state index in [-0.39, 0.29) is 11.8 Å². The lowest BCUT2D eigenvalue weighted by atomic mass is 9.97. The van der Waals surface area contributed by atoms with Crippen molar-refractivity contribution >= 4 is 46.4 Å². The van der Waals surface area contributed by atoms with Crippen molar-refractivity contribution in [1.29, 1.82) is 0 Å². The van der Waals surface area contributed by atoms with Crippen LogP contribution >= 0.6 is 34.8 Å². The van der Waals surface area contributed by atoms with Crippen molar-refractivity contribution in [3.05, 3.63) is 63.4 Å². The van der Waals surface area contributed by atoms with Gasteiger partial charge in [0.15, 0.2) is 0 Å². The molecule has 0 saturated carbocycles. The minimum atomic E-state index is -0.136. The molecule has 6 nitrogen and oxygen atoms in total. The summed E-state index contributed by atoms with van der Waals surface area (Å²) < 4.78 is 5.40. The van der Waals surface area contributed by atoms with Crippen molar-refractivity contribution in [2.45, 2.75) is 19.4 Å². The largest absolute Gasteiger partial charge is 0.338 e. The van der Waals surface area contributed by atoms with Gasteiger partial charge in [0.05, 0.1) is 22.5 Å². The molecule has 2 heterocycles. The summed E-state index contributed by atoms with van der Waals surface area (Å²) in [4.78, 5) is 19.3. The predicted molar refractivity (Wildman–Crippen MR) is 118 cm³/mol. The van der Waals surface area contributed by atoms with Gasteiger partial charge in [0.2, 0.25) is 17.6 Å². The Kier molecular flexibility index (Phi) is 6.58. The maximum Gasteiger partial charge on any atom is 0.241 e. The molecule has 0 radical (unpaired) electrons. The van der Waals surface area contributed by atoms with Crippen molar-refractivity contribution in [2.24, 2.45) is 5.92 Å². The summed E-state index contributed by atoms with van der Waals surface area (Å²) in [5, 5.41) is 8.45. The highest BCUT2D eigenvalue weighted by Crippen LogP contribution is 2.27. The molecule has 0 aliphatic carbocycles. The Labute approximate surface area is 189 Å². The lowest BCUT2D eigenvalue weighted by molar-refractivity contribution is -0.121. The van der Waals surface area contributed by atoms with Crippen molar-refractivity contribution in [2.75, 3.05) is 18.4 Å². The number of rotatable bonds is 5. The molecule has 1 amide bonds. The van der Waals surface area contributed by atoms with E-state index in [0.29, 0.717) is 45.6 Å². The van der Waals surface area contributed by atoms with Gasteiger partial charge >= 0.3 is 0 Å². The molecule has 1 N–H and O–H groups in total. The second-order valence-corrected chi connectivity index (χ2v) is 8.47. The minimum Gasteiger partial charge on any atom is -0.338 e. The van der Waals surface area contributed by atoms with Crippen LogP contribution in [0.25, 0.3) is 11.4 Å². The molecule has 0 spiro atoms. The number of piperidine rings is 1. The van der Waals surface area contributed by atoms with Gasteiger partial charge in [0.25, 0.3) is 0 Å². The van der Waals surface area contributed by atoms with E-state index in [1.807, 2.05) is 12.1 Å². The maximum absolute atomic E-state index is 12.7. The van der Waals surface area contributed by atoms with E-state index >= 15 is 0 Å². The first kappa shape index (κ1) is 21.1. The van der Waals surface area contributed by atoms with E-state index in [0.717, 1.165) is 24.9 Å². The zero-order valence-electron chi connectivity index (χ0n) is 15.9. The Balaban J connectivity index is 1.37. The van der Waals surface area contributed by atoms with Gasteiger partial charge < -0.3 is 9.84 Å². The van der Waals surface area contributed by atoms with Crippen LogP contribution in [0.3, 0.4) is 0 Å². The highest BCUT2D eigenvalue weighted by molar-refractivity contribution is 6.42. The molecule has 1 atom stereocenters. The second kappa shape index (κ2) is 9.35. The standard InChI is InChI=1S/C21H19Cl3N4O2/c22-15-5-1-3-13(9-15)20-26-19(30-27-20)12-28-8-2-4-14(11-28)21(29)25-16-6-7-17(23)18(24)10-16/h1,3,5-7,9-10,14H,2,4,8,11-12H2,(H,25,29). The maximum atomic E-state index is 12.7. The van der Waals surface area contributed by atoms with Crippen molar-refractivity contribution in [3.63, 3.8) is 0 Å². The van der Waals surface area contributed by atoms with Crippen LogP contribution in [0.2, 0.25) is 15.1 Å². The van der Waals surface area contributed by atoms with E-state index in [1.54, 1.807) is 30.3 Å². The van der Waals surface area contributed by atoms with Gasteiger partial charge in [0, 0.05) is 22.8 Å². The number of hydrogen-bond acceptors (Lipinski definition) is 5. The predicted octanol–water partition coefficient (Wildman–Crippen LogP) is 5.55. The first-order valence-corrected chi connectivity index (χ1v) is 10.7. The van der Waals surface area contributed by atoms with Crippen molar-refractivity contribution in [1.82, 2.24) is 15.0 Å².